The van der Waals surface area contributed by atoms with Gasteiger partial charge in [0, 0.05) is 22.2 Å². The highest BCUT2D eigenvalue weighted by Crippen LogP contribution is 2.29. The van der Waals surface area contributed by atoms with Crippen molar-refractivity contribution in [2.24, 2.45) is 4.99 Å². The van der Waals surface area contributed by atoms with E-state index in [9.17, 15) is 19.3 Å². The van der Waals surface area contributed by atoms with E-state index >= 15 is 0 Å². The summed E-state index contributed by atoms with van der Waals surface area (Å²) in [5, 5.41) is 10.8. The number of amidine groups is 1. The normalized spacial score (nSPS) is 14.9. The Kier molecular flexibility index (Phi) is 5.24. The number of nitro groups is 1. The molecule has 0 spiro atoms. The van der Waals surface area contributed by atoms with E-state index in [2.05, 4.69) is 20.9 Å². The van der Waals surface area contributed by atoms with Gasteiger partial charge in [-0.2, -0.15) is 0 Å². The van der Waals surface area contributed by atoms with E-state index in [1.165, 1.54) is 41.3 Å². The molecule has 8 heteroatoms. The van der Waals surface area contributed by atoms with Crippen LogP contribution in [-0.4, -0.2) is 16.7 Å². The second-order valence-corrected chi connectivity index (χ2v) is 7.35. The number of carbonyl (C=O) groups excluding carboxylic acids is 1. The first kappa shape index (κ1) is 19.7. The molecule has 1 aliphatic heterocycles. The molecule has 0 unspecified atom stereocenters. The monoisotopic (exact) mass is 465 g/mol. The number of benzene rings is 3. The van der Waals surface area contributed by atoms with E-state index in [1.54, 1.807) is 18.2 Å². The fourth-order valence-electron chi connectivity index (χ4n) is 2.99. The lowest BCUT2D eigenvalue weighted by Crippen LogP contribution is -2.32. The van der Waals surface area contributed by atoms with E-state index in [4.69, 9.17) is 0 Å². The van der Waals surface area contributed by atoms with Gasteiger partial charge in [0.05, 0.1) is 10.6 Å². The van der Waals surface area contributed by atoms with E-state index in [0.717, 1.165) is 4.47 Å². The maximum Gasteiger partial charge on any atom is 0.282 e. The average Bonchev–Trinajstić information content (AvgIpc) is 3.06. The third kappa shape index (κ3) is 3.90. The number of hydrogen-bond donors (Lipinski definition) is 0. The first-order valence-corrected chi connectivity index (χ1v) is 9.62. The fourth-order valence-corrected chi connectivity index (χ4v) is 3.25. The van der Waals surface area contributed by atoms with E-state index < -0.39 is 10.7 Å². The molecule has 6 nitrogen and oxygen atoms in total. The largest absolute Gasteiger partial charge is 0.282 e. The van der Waals surface area contributed by atoms with Gasteiger partial charge in [0.2, 0.25) is 0 Å². The second-order valence-electron chi connectivity index (χ2n) is 6.44. The minimum Gasteiger partial charge on any atom is -0.266 e. The molecule has 1 aliphatic rings. The van der Waals surface area contributed by atoms with Gasteiger partial charge in [0.15, 0.2) is 0 Å². The number of nitro benzene ring substituents is 1. The lowest BCUT2D eigenvalue weighted by atomic mass is 10.1. The third-order valence-electron chi connectivity index (χ3n) is 4.45. The number of nitrogens with zero attached hydrogens (tertiary/aromatic N) is 3. The first-order valence-electron chi connectivity index (χ1n) is 8.83. The Morgan fingerprint density at radius 2 is 1.60 bits per heavy atom. The first-order chi connectivity index (χ1) is 14.4. The van der Waals surface area contributed by atoms with Gasteiger partial charge >= 0.3 is 0 Å². The molecule has 3 aromatic rings. The summed E-state index contributed by atoms with van der Waals surface area (Å²) in [5.41, 5.74) is 1.93. The minimum absolute atomic E-state index is 0.0399. The summed E-state index contributed by atoms with van der Waals surface area (Å²) in [6.45, 7) is 0. The SMILES string of the molecule is O=C1/C(=C\c2ccc([N+](=O)[O-])cc2)N=C(c2ccc(Br)cc2)N1c1ccc(F)cc1. The lowest BCUT2D eigenvalue weighted by Gasteiger charge is -2.18. The smallest absolute Gasteiger partial charge is 0.266 e. The van der Waals surface area contributed by atoms with Crippen molar-refractivity contribution in [2.45, 2.75) is 0 Å². The predicted octanol–water partition coefficient (Wildman–Crippen LogP) is 5.33. The molecule has 1 heterocycles. The molecule has 148 valence electrons. The Bertz CT molecular complexity index is 1190. The molecule has 0 radical (unpaired) electrons. The number of aliphatic imine (C=N–C) groups is 1. The van der Waals surface area contributed by atoms with Crippen LogP contribution in [0.4, 0.5) is 15.8 Å². The van der Waals surface area contributed by atoms with Crippen LogP contribution in [0.2, 0.25) is 0 Å². The highest BCUT2D eigenvalue weighted by Gasteiger charge is 2.32. The molecule has 0 atom stereocenters. The van der Waals surface area contributed by atoms with Crippen molar-refractivity contribution < 1.29 is 14.1 Å². The van der Waals surface area contributed by atoms with Crippen LogP contribution in [0.1, 0.15) is 11.1 Å². The second kappa shape index (κ2) is 8.00. The fraction of sp³-hybridized carbons (Fsp3) is 0. The molecule has 3 aromatic carbocycles. The van der Waals surface area contributed by atoms with Crippen molar-refractivity contribution in [1.82, 2.24) is 0 Å². The zero-order valence-corrected chi connectivity index (χ0v) is 16.9. The van der Waals surface area contributed by atoms with Crippen LogP contribution in [0, 0.1) is 15.9 Å². The Labute approximate surface area is 179 Å². The third-order valence-corrected chi connectivity index (χ3v) is 4.98. The van der Waals surface area contributed by atoms with Gasteiger partial charge in [-0.15, -0.1) is 0 Å². The molecule has 0 aromatic heterocycles. The van der Waals surface area contributed by atoms with Gasteiger partial charge in [-0.1, -0.05) is 28.1 Å². The van der Waals surface area contributed by atoms with Gasteiger partial charge in [-0.3, -0.25) is 19.8 Å². The number of halogens is 2. The standard InChI is InChI=1S/C22H13BrFN3O3/c23-16-5-3-15(4-6-16)21-25-20(13-14-1-9-19(10-2-14)27(29)30)22(28)26(21)18-11-7-17(24)8-12-18/h1-13H/b20-13+. The number of non-ortho nitro benzene ring substituents is 1. The average molecular weight is 466 g/mol. The Morgan fingerprint density at radius 1 is 0.967 bits per heavy atom. The molecule has 0 saturated carbocycles. The van der Waals surface area contributed by atoms with Crippen LogP contribution in [0.25, 0.3) is 6.08 Å². The summed E-state index contributed by atoms with van der Waals surface area (Å²) in [5.74, 6) is -0.376. The van der Waals surface area contributed by atoms with E-state index in [-0.39, 0.29) is 17.3 Å². The number of carbonyl (C=O) groups is 1. The van der Waals surface area contributed by atoms with Crippen LogP contribution in [0.3, 0.4) is 0 Å². The minimum atomic E-state index is -0.488. The Balaban J connectivity index is 1.78. The van der Waals surface area contributed by atoms with Crippen molar-refractivity contribution >= 4 is 45.1 Å². The summed E-state index contributed by atoms with van der Waals surface area (Å²) in [7, 11) is 0. The molecule has 1 amide bonds. The summed E-state index contributed by atoms with van der Waals surface area (Å²) in [6.07, 6.45) is 1.56. The Morgan fingerprint density at radius 3 is 2.20 bits per heavy atom. The summed E-state index contributed by atoms with van der Waals surface area (Å²) in [6, 6.07) is 18.7. The molecular formula is C22H13BrFN3O3. The van der Waals surface area contributed by atoms with E-state index in [1.807, 2.05) is 24.3 Å². The predicted molar refractivity (Wildman–Crippen MR) is 116 cm³/mol. The number of anilines is 1. The van der Waals surface area contributed by atoms with Crippen molar-refractivity contribution in [3.8, 4) is 0 Å². The molecule has 4 rings (SSSR count). The molecule has 0 bridgehead atoms. The zero-order valence-electron chi connectivity index (χ0n) is 15.3. The van der Waals surface area contributed by atoms with E-state index in [0.29, 0.717) is 22.6 Å². The van der Waals surface area contributed by atoms with Gasteiger partial charge < -0.3 is 0 Å². The number of hydrogen-bond acceptors (Lipinski definition) is 4. The van der Waals surface area contributed by atoms with Crippen LogP contribution >= 0.6 is 15.9 Å². The molecule has 30 heavy (non-hydrogen) atoms. The van der Waals surface area contributed by atoms with Gasteiger partial charge in [0.1, 0.15) is 17.3 Å². The molecule has 0 fully saturated rings. The highest BCUT2D eigenvalue weighted by atomic mass is 79.9. The maximum absolute atomic E-state index is 13.4. The molecule has 0 saturated heterocycles. The lowest BCUT2D eigenvalue weighted by molar-refractivity contribution is -0.384. The van der Waals surface area contributed by atoms with Crippen LogP contribution < -0.4 is 4.90 Å². The van der Waals surface area contributed by atoms with Crippen molar-refractivity contribution in [2.75, 3.05) is 4.90 Å². The molecule has 0 aliphatic carbocycles. The van der Waals surface area contributed by atoms with Gasteiger partial charge in [-0.05, 0) is 60.2 Å². The van der Waals surface area contributed by atoms with Gasteiger partial charge in [0.25, 0.3) is 11.6 Å². The van der Waals surface area contributed by atoms with Crippen molar-refractivity contribution in [3.63, 3.8) is 0 Å². The maximum atomic E-state index is 13.4. The van der Waals surface area contributed by atoms with Gasteiger partial charge in [-0.25, -0.2) is 9.38 Å². The number of amides is 1. The van der Waals surface area contributed by atoms with Crippen LogP contribution in [0.15, 0.2) is 88.0 Å². The molecule has 0 N–H and O–H groups in total. The summed E-state index contributed by atoms with van der Waals surface area (Å²) in [4.78, 5) is 29.4. The van der Waals surface area contributed by atoms with Crippen LogP contribution in [-0.2, 0) is 4.79 Å². The molecular weight excluding hydrogens is 453 g/mol. The van der Waals surface area contributed by atoms with Crippen molar-refractivity contribution in [3.05, 3.63) is 110 Å². The topological polar surface area (TPSA) is 75.8 Å². The van der Waals surface area contributed by atoms with Crippen molar-refractivity contribution in [1.29, 1.82) is 0 Å². The summed E-state index contributed by atoms with van der Waals surface area (Å²) >= 11 is 3.38. The Hall–Kier alpha value is -3.65. The quantitative estimate of drug-likeness (QED) is 0.296. The number of rotatable bonds is 4. The van der Waals surface area contributed by atoms with Crippen LogP contribution in [0.5, 0.6) is 0 Å². The summed E-state index contributed by atoms with van der Waals surface area (Å²) < 4.78 is 14.3. The highest BCUT2D eigenvalue weighted by molar-refractivity contribution is 9.10. The zero-order chi connectivity index (χ0) is 21.3.